The first-order valence-electron chi connectivity index (χ1n) is 6.55. The molecule has 0 amide bonds. The molecule has 1 aromatic carbocycles. The minimum atomic E-state index is 0.330. The van der Waals surface area contributed by atoms with Gasteiger partial charge in [0.15, 0.2) is 0 Å². The highest BCUT2D eigenvalue weighted by atomic mass is 32.1. The van der Waals surface area contributed by atoms with E-state index < -0.39 is 0 Å². The van der Waals surface area contributed by atoms with E-state index in [1.807, 2.05) is 0 Å². The summed E-state index contributed by atoms with van der Waals surface area (Å²) in [5.74, 6) is 0. The van der Waals surface area contributed by atoms with Gasteiger partial charge < -0.3 is 5.32 Å². The molecule has 0 saturated carbocycles. The molecule has 1 nitrogen and oxygen atoms in total. The monoisotopic (exact) mass is 259 g/mol. The van der Waals surface area contributed by atoms with E-state index >= 15 is 0 Å². The van der Waals surface area contributed by atoms with E-state index in [9.17, 15) is 0 Å². The fourth-order valence-corrected chi connectivity index (χ4v) is 3.09. The van der Waals surface area contributed by atoms with Crippen LogP contribution in [-0.4, -0.2) is 6.54 Å². The summed E-state index contributed by atoms with van der Waals surface area (Å²) in [4.78, 5) is 0. The summed E-state index contributed by atoms with van der Waals surface area (Å²) in [6, 6.07) is 9.13. The van der Waals surface area contributed by atoms with Crippen LogP contribution in [0.15, 0.2) is 35.0 Å². The van der Waals surface area contributed by atoms with Crippen LogP contribution < -0.4 is 5.32 Å². The molecule has 0 radical (unpaired) electrons. The van der Waals surface area contributed by atoms with E-state index in [1.165, 1.54) is 22.3 Å². The Morgan fingerprint density at radius 2 is 2.06 bits per heavy atom. The SMILES string of the molecule is CCCNC(c1cccc(C)c1)c1cscc1C. The van der Waals surface area contributed by atoms with Crippen LogP contribution >= 0.6 is 11.3 Å². The maximum absolute atomic E-state index is 3.66. The Morgan fingerprint density at radius 3 is 2.67 bits per heavy atom. The van der Waals surface area contributed by atoms with Crippen LogP contribution in [0.5, 0.6) is 0 Å². The Labute approximate surface area is 114 Å². The van der Waals surface area contributed by atoms with Crippen molar-refractivity contribution >= 4 is 11.3 Å². The lowest BCUT2D eigenvalue weighted by Crippen LogP contribution is -2.23. The summed E-state index contributed by atoms with van der Waals surface area (Å²) in [5, 5.41) is 8.16. The summed E-state index contributed by atoms with van der Waals surface area (Å²) in [7, 11) is 0. The van der Waals surface area contributed by atoms with Crippen LogP contribution in [0.3, 0.4) is 0 Å². The third-order valence-corrected chi connectivity index (χ3v) is 4.06. The molecule has 18 heavy (non-hydrogen) atoms. The minimum absolute atomic E-state index is 0.330. The molecule has 1 unspecified atom stereocenters. The maximum atomic E-state index is 3.66. The molecule has 0 aliphatic heterocycles. The van der Waals surface area contributed by atoms with Crippen molar-refractivity contribution in [3.05, 3.63) is 57.3 Å². The van der Waals surface area contributed by atoms with Gasteiger partial charge in [0.1, 0.15) is 0 Å². The Kier molecular flexibility index (Phi) is 4.56. The third kappa shape index (κ3) is 3.01. The topological polar surface area (TPSA) is 12.0 Å². The predicted molar refractivity (Wildman–Crippen MR) is 80.4 cm³/mol. The quantitative estimate of drug-likeness (QED) is 0.836. The zero-order valence-corrected chi connectivity index (χ0v) is 12.2. The van der Waals surface area contributed by atoms with E-state index in [0.29, 0.717) is 6.04 Å². The van der Waals surface area contributed by atoms with Crippen LogP contribution in [0.25, 0.3) is 0 Å². The highest BCUT2D eigenvalue weighted by molar-refractivity contribution is 7.08. The summed E-state index contributed by atoms with van der Waals surface area (Å²) < 4.78 is 0. The van der Waals surface area contributed by atoms with Gasteiger partial charge in [-0.2, -0.15) is 11.3 Å². The van der Waals surface area contributed by atoms with Crippen molar-refractivity contribution in [2.24, 2.45) is 0 Å². The molecule has 1 aromatic heterocycles. The fraction of sp³-hybridized carbons (Fsp3) is 0.375. The lowest BCUT2D eigenvalue weighted by atomic mass is 9.97. The molecular weight excluding hydrogens is 238 g/mol. The standard InChI is InChI=1S/C16H21NS/c1-4-8-17-16(15-11-18-10-13(15)3)14-7-5-6-12(2)9-14/h5-7,9-11,16-17H,4,8H2,1-3H3. The highest BCUT2D eigenvalue weighted by Crippen LogP contribution is 2.28. The molecule has 96 valence electrons. The Hall–Kier alpha value is -1.12. The number of aryl methyl sites for hydroxylation is 2. The minimum Gasteiger partial charge on any atom is -0.306 e. The van der Waals surface area contributed by atoms with E-state index in [1.54, 1.807) is 11.3 Å². The van der Waals surface area contributed by atoms with E-state index in [0.717, 1.165) is 13.0 Å². The zero-order chi connectivity index (χ0) is 13.0. The largest absolute Gasteiger partial charge is 0.306 e. The van der Waals surface area contributed by atoms with Gasteiger partial charge in [-0.1, -0.05) is 36.8 Å². The fourth-order valence-electron chi connectivity index (χ4n) is 2.21. The average Bonchev–Trinajstić information content (AvgIpc) is 2.77. The van der Waals surface area contributed by atoms with Gasteiger partial charge in [0.25, 0.3) is 0 Å². The van der Waals surface area contributed by atoms with Crippen molar-refractivity contribution in [3.8, 4) is 0 Å². The Bertz CT molecular complexity index is 501. The van der Waals surface area contributed by atoms with Crippen LogP contribution in [0, 0.1) is 13.8 Å². The van der Waals surface area contributed by atoms with Crippen LogP contribution in [0.4, 0.5) is 0 Å². The molecule has 1 N–H and O–H groups in total. The molecule has 0 bridgehead atoms. The Balaban J connectivity index is 2.33. The second kappa shape index (κ2) is 6.17. The van der Waals surface area contributed by atoms with Gasteiger partial charge in [-0.05, 0) is 54.3 Å². The van der Waals surface area contributed by atoms with Crippen molar-refractivity contribution in [1.82, 2.24) is 5.32 Å². The first kappa shape index (κ1) is 13.3. The van der Waals surface area contributed by atoms with Gasteiger partial charge in [-0.3, -0.25) is 0 Å². The van der Waals surface area contributed by atoms with Gasteiger partial charge in [0.2, 0.25) is 0 Å². The second-order valence-corrected chi connectivity index (χ2v) is 5.55. The molecule has 1 heterocycles. The zero-order valence-electron chi connectivity index (χ0n) is 11.4. The molecule has 2 aromatic rings. The first-order chi connectivity index (χ1) is 8.72. The number of thiophene rings is 1. The summed E-state index contributed by atoms with van der Waals surface area (Å²) in [6.45, 7) is 7.61. The van der Waals surface area contributed by atoms with Crippen molar-refractivity contribution in [1.29, 1.82) is 0 Å². The number of nitrogens with one attached hydrogen (secondary N) is 1. The van der Waals surface area contributed by atoms with Gasteiger partial charge in [0, 0.05) is 0 Å². The summed E-state index contributed by atoms with van der Waals surface area (Å²) in [6.07, 6.45) is 1.16. The molecule has 0 fully saturated rings. The van der Waals surface area contributed by atoms with Crippen molar-refractivity contribution in [3.63, 3.8) is 0 Å². The van der Waals surface area contributed by atoms with Crippen LogP contribution in [-0.2, 0) is 0 Å². The summed E-state index contributed by atoms with van der Waals surface area (Å²) >= 11 is 1.79. The molecule has 2 heteroatoms. The van der Waals surface area contributed by atoms with Gasteiger partial charge in [0.05, 0.1) is 6.04 Å². The molecular formula is C16H21NS. The van der Waals surface area contributed by atoms with Crippen LogP contribution in [0.1, 0.15) is 41.6 Å². The van der Waals surface area contributed by atoms with E-state index in [-0.39, 0.29) is 0 Å². The number of benzene rings is 1. The summed E-state index contributed by atoms with van der Waals surface area (Å²) in [5.41, 5.74) is 5.49. The number of hydrogen-bond donors (Lipinski definition) is 1. The second-order valence-electron chi connectivity index (χ2n) is 4.81. The molecule has 2 rings (SSSR count). The van der Waals surface area contributed by atoms with Crippen molar-refractivity contribution < 1.29 is 0 Å². The van der Waals surface area contributed by atoms with Gasteiger partial charge in [-0.25, -0.2) is 0 Å². The molecule has 0 aliphatic carbocycles. The van der Waals surface area contributed by atoms with Gasteiger partial charge >= 0.3 is 0 Å². The molecule has 0 aliphatic rings. The molecule has 0 saturated heterocycles. The van der Waals surface area contributed by atoms with E-state index in [4.69, 9.17) is 0 Å². The lowest BCUT2D eigenvalue weighted by molar-refractivity contribution is 0.597. The normalized spacial score (nSPS) is 12.6. The lowest BCUT2D eigenvalue weighted by Gasteiger charge is -2.20. The smallest absolute Gasteiger partial charge is 0.0587 e. The maximum Gasteiger partial charge on any atom is 0.0587 e. The van der Waals surface area contributed by atoms with Crippen LogP contribution in [0.2, 0.25) is 0 Å². The Morgan fingerprint density at radius 1 is 1.22 bits per heavy atom. The average molecular weight is 259 g/mol. The number of rotatable bonds is 5. The first-order valence-corrected chi connectivity index (χ1v) is 7.49. The highest BCUT2D eigenvalue weighted by Gasteiger charge is 2.15. The van der Waals surface area contributed by atoms with E-state index in [2.05, 4.69) is 61.1 Å². The third-order valence-electron chi connectivity index (χ3n) is 3.18. The number of hydrogen-bond acceptors (Lipinski definition) is 2. The molecule has 0 spiro atoms. The van der Waals surface area contributed by atoms with Crippen molar-refractivity contribution in [2.75, 3.05) is 6.54 Å². The predicted octanol–water partition coefficient (Wildman–Crippen LogP) is 4.45. The molecule has 1 atom stereocenters. The van der Waals surface area contributed by atoms with Gasteiger partial charge in [-0.15, -0.1) is 0 Å². The van der Waals surface area contributed by atoms with Crippen molar-refractivity contribution in [2.45, 2.75) is 33.2 Å².